The van der Waals surface area contributed by atoms with Gasteiger partial charge in [0.15, 0.2) is 0 Å². The van der Waals surface area contributed by atoms with Crippen LogP contribution in [0.5, 0.6) is 0 Å². The van der Waals surface area contributed by atoms with Crippen LogP contribution in [0.1, 0.15) is 15.9 Å². The summed E-state index contributed by atoms with van der Waals surface area (Å²) in [6.45, 7) is 0. The molecule has 2 aromatic heterocycles. The number of aromatic nitrogens is 4. The van der Waals surface area contributed by atoms with Gasteiger partial charge in [-0.1, -0.05) is 40.0 Å². The molecule has 3 rings (SSSR count). The molecule has 0 unspecified atom stereocenters. The number of nitrogens with zero attached hydrogens (tertiary/aromatic N) is 4. The van der Waals surface area contributed by atoms with Crippen molar-refractivity contribution in [3.05, 3.63) is 56.9 Å². The van der Waals surface area contributed by atoms with Crippen molar-refractivity contribution in [2.75, 3.05) is 7.11 Å². The largest absolute Gasteiger partial charge is 0.465 e. The minimum absolute atomic E-state index is 0.0379. The molecule has 0 bridgehead atoms. The number of methoxy groups -OCH3 is 1. The summed E-state index contributed by atoms with van der Waals surface area (Å²) in [5, 5.41) is 5.72. The van der Waals surface area contributed by atoms with Crippen molar-refractivity contribution in [1.82, 2.24) is 20.0 Å². The monoisotopic (exact) mass is 550 g/mol. The quantitative estimate of drug-likeness (QED) is 0.214. The maximum Gasteiger partial charge on any atom is 0.435 e. The molecule has 0 fully saturated rings. The van der Waals surface area contributed by atoms with Gasteiger partial charge >= 0.3 is 24.0 Å². The molecular weight excluding hydrogens is 544 g/mol. The fraction of sp³-hybridized carbons (Fsp3) is 0.222. The SMILES string of the molecule is COC(=O)c1cc(-c2cn(-c3c(Cl)cc(C(F)(C(F)(F)F)C(F)(F)F)cc3Cl)nn2)cnc1Cl. The number of hydrogen-bond donors (Lipinski definition) is 0. The predicted molar refractivity (Wildman–Crippen MR) is 106 cm³/mol. The van der Waals surface area contributed by atoms with Gasteiger partial charge < -0.3 is 4.74 Å². The summed E-state index contributed by atoms with van der Waals surface area (Å²) in [4.78, 5) is 15.6. The molecule has 0 atom stereocenters. The molecule has 34 heavy (non-hydrogen) atoms. The van der Waals surface area contributed by atoms with Crippen molar-refractivity contribution in [2.24, 2.45) is 0 Å². The number of carbonyl (C=O) groups is 1. The lowest BCUT2D eigenvalue weighted by Crippen LogP contribution is -2.50. The molecule has 0 amide bonds. The van der Waals surface area contributed by atoms with Gasteiger partial charge in [0.2, 0.25) is 0 Å². The van der Waals surface area contributed by atoms with E-state index in [1.165, 1.54) is 12.3 Å². The Labute approximate surface area is 200 Å². The second-order valence-electron chi connectivity index (χ2n) is 6.54. The van der Waals surface area contributed by atoms with E-state index in [0.717, 1.165) is 18.0 Å². The Bertz CT molecular complexity index is 1220. The lowest BCUT2D eigenvalue weighted by atomic mass is 9.94. The number of carbonyl (C=O) groups excluding carboxylic acids is 1. The van der Waals surface area contributed by atoms with Crippen molar-refractivity contribution in [3.8, 4) is 16.9 Å². The molecular formula is C18H8Cl3F7N4O2. The lowest BCUT2D eigenvalue weighted by molar-refractivity contribution is -0.348. The Kier molecular flexibility index (Phi) is 6.77. The van der Waals surface area contributed by atoms with Crippen molar-refractivity contribution in [2.45, 2.75) is 18.0 Å². The van der Waals surface area contributed by atoms with E-state index in [2.05, 4.69) is 20.0 Å². The van der Waals surface area contributed by atoms with Crippen molar-refractivity contribution in [1.29, 1.82) is 0 Å². The highest BCUT2D eigenvalue weighted by atomic mass is 35.5. The highest BCUT2D eigenvalue weighted by molar-refractivity contribution is 6.38. The van der Waals surface area contributed by atoms with Gasteiger partial charge in [-0.25, -0.2) is 18.9 Å². The number of ether oxygens (including phenoxy) is 1. The average Bonchev–Trinajstić information content (AvgIpc) is 3.20. The molecule has 0 aliphatic carbocycles. The molecule has 16 heteroatoms. The number of esters is 1. The molecule has 0 N–H and O–H groups in total. The summed E-state index contributed by atoms with van der Waals surface area (Å²) in [5.74, 6) is -0.808. The van der Waals surface area contributed by atoms with Gasteiger partial charge in [-0.2, -0.15) is 26.3 Å². The van der Waals surface area contributed by atoms with Crippen LogP contribution in [-0.2, 0) is 10.4 Å². The molecule has 0 saturated carbocycles. The minimum Gasteiger partial charge on any atom is -0.465 e. The summed E-state index contributed by atoms with van der Waals surface area (Å²) < 4.78 is 98.1. The second-order valence-corrected chi connectivity index (χ2v) is 7.72. The first-order valence-electron chi connectivity index (χ1n) is 8.60. The van der Waals surface area contributed by atoms with Crippen LogP contribution < -0.4 is 0 Å². The predicted octanol–water partition coefficient (Wildman–Crippen LogP) is 6.37. The zero-order valence-electron chi connectivity index (χ0n) is 16.3. The van der Waals surface area contributed by atoms with Crippen LogP contribution in [-0.4, -0.2) is 45.4 Å². The van der Waals surface area contributed by atoms with Crippen molar-refractivity contribution < 1.29 is 40.3 Å². The van der Waals surface area contributed by atoms with Crippen LogP contribution in [0, 0.1) is 0 Å². The van der Waals surface area contributed by atoms with Gasteiger partial charge in [-0.05, 0) is 18.2 Å². The van der Waals surface area contributed by atoms with E-state index in [1.807, 2.05) is 0 Å². The van der Waals surface area contributed by atoms with Gasteiger partial charge in [0, 0.05) is 17.3 Å². The topological polar surface area (TPSA) is 69.9 Å². The van der Waals surface area contributed by atoms with E-state index in [1.54, 1.807) is 0 Å². The normalized spacial score (nSPS) is 12.7. The van der Waals surface area contributed by atoms with Gasteiger partial charge in [0.05, 0.1) is 28.9 Å². The number of pyridine rings is 1. The zero-order chi connectivity index (χ0) is 25.6. The fourth-order valence-corrected chi connectivity index (χ4v) is 3.66. The summed E-state index contributed by atoms with van der Waals surface area (Å²) in [6, 6.07) is 1.54. The summed E-state index contributed by atoms with van der Waals surface area (Å²) in [6.07, 6.45) is -10.4. The molecule has 0 spiro atoms. The third-order valence-electron chi connectivity index (χ3n) is 4.46. The summed E-state index contributed by atoms with van der Waals surface area (Å²) >= 11 is 17.6. The number of hydrogen-bond acceptors (Lipinski definition) is 5. The standard InChI is InChI=1S/C18H8Cl3F7N4O2/c1-34-15(33)9-2-7(5-29-14(9)21)12-6-32(31-30-12)13-10(19)3-8(4-11(13)20)16(22,17(23,24)25)18(26,27)28/h2-6H,1H3. The Balaban J connectivity index is 2.09. The van der Waals surface area contributed by atoms with E-state index in [4.69, 9.17) is 34.8 Å². The molecule has 0 aliphatic heterocycles. The van der Waals surface area contributed by atoms with E-state index in [-0.39, 0.29) is 39.8 Å². The Morgan fingerprint density at radius 1 is 0.971 bits per heavy atom. The molecule has 6 nitrogen and oxygen atoms in total. The number of benzene rings is 1. The van der Waals surface area contributed by atoms with Crippen LogP contribution in [0.3, 0.4) is 0 Å². The Hall–Kier alpha value is -2.64. The van der Waals surface area contributed by atoms with Crippen molar-refractivity contribution in [3.63, 3.8) is 0 Å². The number of alkyl halides is 7. The molecule has 3 aromatic rings. The Morgan fingerprint density at radius 3 is 2.03 bits per heavy atom. The van der Waals surface area contributed by atoms with Crippen molar-refractivity contribution >= 4 is 40.8 Å². The highest BCUT2D eigenvalue weighted by Gasteiger charge is 2.73. The maximum atomic E-state index is 14.4. The molecule has 1 aromatic carbocycles. The number of rotatable bonds is 4. The van der Waals surface area contributed by atoms with Crippen LogP contribution in [0.2, 0.25) is 15.2 Å². The average molecular weight is 552 g/mol. The Morgan fingerprint density at radius 2 is 1.53 bits per heavy atom. The van der Waals surface area contributed by atoms with Gasteiger partial charge in [0.25, 0.3) is 0 Å². The second kappa shape index (κ2) is 8.86. The van der Waals surface area contributed by atoms with Crippen LogP contribution in [0.4, 0.5) is 30.7 Å². The van der Waals surface area contributed by atoms with E-state index in [9.17, 15) is 35.5 Å². The highest BCUT2D eigenvalue weighted by Crippen LogP contribution is 2.54. The van der Waals surface area contributed by atoms with Crippen LogP contribution >= 0.6 is 34.8 Å². The smallest absolute Gasteiger partial charge is 0.435 e. The van der Waals surface area contributed by atoms with Gasteiger partial charge in [0.1, 0.15) is 16.5 Å². The minimum atomic E-state index is -6.35. The maximum absolute atomic E-state index is 14.4. The fourth-order valence-electron chi connectivity index (χ4n) is 2.82. The first-order chi connectivity index (χ1) is 15.6. The van der Waals surface area contributed by atoms with Crippen LogP contribution in [0.15, 0.2) is 30.6 Å². The van der Waals surface area contributed by atoms with Gasteiger partial charge in [-0.3, -0.25) is 0 Å². The van der Waals surface area contributed by atoms with E-state index in [0.29, 0.717) is 0 Å². The van der Waals surface area contributed by atoms with E-state index >= 15 is 0 Å². The molecule has 0 aliphatic rings. The third-order valence-corrected chi connectivity index (χ3v) is 5.34. The summed E-state index contributed by atoms with van der Waals surface area (Å²) in [7, 11) is 1.11. The molecule has 0 radical (unpaired) electrons. The molecule has 2 heterocycles. The van der Waals surface area contributed by atoms with Gasteiger partial charge in [-0.15, -0.1) is 5.10 Å². The lowest BCUT2D eigenvalue weighted by Gasteiger charge is -2.30. The first-order valence-corrected chi connectivity index (χ1v) is 9.74. The molecule has 182 valence electrons. The van der Waals surface area contributed by atoms with Crippen LogP contribution in [0.25, 0.3) is 16.9 Å². The zero-order valence-corrected chi connectivity index (χ0v) is 18.5. The number of halogens is 10. The third kappa shape index (κ3) is 4.39. The molecule has 0 saturated heterocycles. The first kappa shape index (κ1) is 26.0. The summed E-state index contributed by atoms with van der Waals surface area (Å²) in [5.41, 5.74) is -7.86. The van der Waals surface area contributed by atoms with E-state index < -0.39 is 39.6 Å².